The van der Waals surface area contributed by atoms with Gasteiger partial charge < -0.3 is 5.32 Å². The second-order valence-electron chi connectivity index (χ2n) is 5.19. The van der Waals surface area contributed by atoms with E-state index in [-0.39, 0.29) is 29.9 Å². The van der Waals surface area contributed by atoms with E-state index >= 15 is 0 Å². The second-order valence-corrected chi connectivity index (χ2v) is 5.55. The van der Waals surface area contributed by atoms with Crippen molar-refractivity contribution in [1.29, 1.82) is 0 Å². The van der Waals surface area contributed by atoms with Gasteiger partial charge in [-0.25, -0.2) is 13.8 Å². The normalized spacial score (nSPS) is 25.2. The van der Waals surface area contributed by atoms with Gasteiger partial charge in [-0.1, -0.05) is 18.5 Å². The maximum atomic E-state index is 13.4. The number of rotatable bonds is 3. The number of hydrogen-bond acceptors (Lipinski definition) is 3. The van der Waals surface area contributed by atoms with Crippen molar-refractivity contribution in [3.63, 3.8) is 0 Å². The van der Waals surface area contributed by atoms with E-state index in [0.29, 0.717) is 12.1 Å². The zero-order chi connectivity index (χ0) is 14.8. The Morgan fingerprint density at radius 2 is 2.20 bits per heavy atom. The fourth-order valence-corrected chi connectivity index (χ4v) is 2.56. The van der Waals surface area contributed by atoms with Crippen LogP contribution < -0.4 is 5.32 Å². The van der Waals surface area contributed by atoms with Crippen LogP contribution in [0, 0.1) is 11.8 Å². The molecule has 1 saturated carbocycles. The van der Waals surface area contributed by atoms with Gasteiger partial charge in [0.05, 0.1) is 12.2 Å². The van der Waals surface area contributed by atoms with Crippen molar-refractivity contribution >= 4 is 17.5 Å². The summed E-state index contributed by atoms with van der Waals surface area (Å²) in [6, 6.07) is 0. The molecule has 0 spiro atoms. The molecule has 2 rings (SSSR count). The molecule has 1 aliphatic rings. The van der Waals surface area contributed by atoms with E-state index in [2.05, 4.69) is 15.3 Å². The molecule has 0 aromatic carbocycles. The monoisotopic (exact) mass is 303 g/mol. The molecule has 1 amide bonds. The Morgan fingerprint density at radius 3 is 2.90 bits per heavy atom. The molecule has 4 nitrogen and oxygen atoms in total. The largest absolute Gasteiger partial charge is 0.350 e. The molecule has 1 fully saturated rings. The quantitative estimate of drug-likeness (QED) is 0.934. The van der Waals surface area contributed by atoms with Crippen molar-refractivity contribution in [3.05, 3.63) is 23.2 Å². The van der Waals surface area contributed by atoms with Crippen LogP contribution in [0.1, 0.15) is 31.9 Å². The van der Waals surface area contributed by atoms with Crippen molar-refractivity contribution in [1.82, 2.24) is 15.3 Å². The topological polar surface area (TPSA) is 54.9 Å². The summed E-state index contributed by atoms with van der Waals surface area (Å²) in [6.45, 7) is 1.93. The molecule has 2 unspecified atom stereocenters. The standard InChI is InChI=1S/C13H16ClF2N3O/c1-8-2-3-13(15,16)6-9(8)12(20)19-7-10-11(14)18-5-4-17-10/h4-5,8-9H,2-3,6-7H2,1H3,(H,19,20). The van der Waals surface area contributed by atoms with Crippen molar-refractivity contribution < 1.29 is 13.6 Å². The lowest BCUT2D eigenvalue weighted by atomic mass is 9.78. The minimum Gasteiger partial charge on any atom is -0.350 e. The van der Waals surface area contributed by atoms with Crippen LogP contribution in [0.25, 0.3) is 0 Å². The van der Waals surface area contributed by atoms with Gasteiger partial charge in [-0.05, 0) is 12.3 Å². The molecule has 0 aliphatic heterocycles. The highest BCUT2D eigenvalue weighted by Crippen LogP contribution is 2.39. The molecule has 1 N–H and O–H groups in total. The number of amides is 1. The minimum atomic E-state index is -2.75. The molecule has 2 atom stereocenters. The van der Waals surface area contributed by atoms with Gasteiger partial charge in [-0.15, -0.1) is 0 Å². The number of hydrogen-bond donors (Lipinski definition) is 1. The molecule has 0 saturated heterocycles. The van der Waals surface area contributed by atoms with Gasteiger partial charge in [0.15, 0.2) is 5.15 Å². The Hall–Kier alpha value is -1.30. The zero-order valence-corrected chi connectivity index (χ0v) is 11.8. The number of alkyl halides is 2. The lowest BCUT2D eigenvalue weighted by Gasteiger charge is -2.33. The van der Waals surface area contributed by atoms with Crippen LogP contribution in [-0.4, -0.2) is 21.8 Å². The highest BCUT2D eigenvalue weighted by molar-refractivity contribution is 6.29. The predicted molar refractivity (Wildman–Crippen MR) is 70.3 cm³/mol. The number of nitrogens with one attached hydrogen (secondary N) is 1. The first-order valence-corrected chi connectivity index (χ1v) is 6.88. The van der Waals surface area contributed by atoms with Gasteiger partial charge in [0.1, 0.15) is 0 Å². The van der Waals surface area contributed by atoms with Crippen LogP contribution in [0.5, 0.6) is 0 Å². The smallest absolute Gasteiger partial charge is 0.248 e. The third-order valence-corrected chi connectivity index (χ3v) is 3.98. The van der Waals surface area contributed by atoms with Crippen molar-refractivity contribution in [3.8, 4) is 0 Å². The average molecular weight is 304 g/mol. The summed E-state index contributed by atoms with van der Waals surface area (Å²) in [7, 11) is 0. The maximum Gasteiger partial charge on any atom is 0.248 e. The summed E-state index contributed by atoms with van der Waals surface area (Å²) in [5.74, 6) is -3.85. The van der Waals surface area contributed by atoms with Gasteiger partial charge in [0, 0.05) is 31.2 Å². The molecule has 110 valence electrons. The highest BCUT2D eigenvalue weighted by atomic mass is 35.5. The fraction of sp³-hybridized carbons (Fsp3) is 0.615. The summed E-state index contributed by atoms with van der Waals surface area (Å²) in [5.41, 5.74) is 0.428. The van der Waals surface area contributed by atoms with E-state index in [1.54, 1.807) is 0 Å². The van der Waals surface area contributed by atoms with Gasteiger partial charge in [0.2, 0.25) is 11.8 Å². The van der Waals surface area contributed by atoms with E-state index in [9.17, 15) is 13.6 Å². The molecule has 1 aromatic heterocycles. The lowest BCUT2D eigenvalue weighted by Crippen LogP contribution is -2.41. The van der Waals surface area contributed by atoms with Crippen molar-refractivity contribution in [2.45, 2.75) is 38.7 Å². The summed E-state index contributed by atoms with van der Waals surface area (Å²) in [4.78, 5) is 19.9. The Kier molecular flexibility index (Phi) is 4.52. The third-order valence-electron chi connectivity index (χ3n) is 3.66. The molecular weight excluding hydrogens is 288 g/mol. The molecule has 0 radical (unpaired) electrons. The van der Waals surface area contributed by atoms with Crippen LogP contribution in [0.4, 0.5) is 8.78 Å². The predicted octanol–water partition coefficient (Wildman–Crippen LogP) is 2.82. The molecule has 1 heterocycles. The first-order valence-electron chi connectivity index (χ1n) is 6.50. The summed E-state index contributed by atoms with van der Waals surface area (Å²) < 4.78 is 26.8. The lowest BCUT2D eigenvalue weighted by molar-refractivity contribution is -0.136. The molecule has 1 aromatic rings. The average Bonchev–Trinajstić information content (AvgIpc) is 2.40. The van der Waals surface area contributed by atoms with Crippen molar-refractivity contribution in [2.24, 2.45) is 11.8 Å². The fourth-order valence-electron chi connectivity index (χ4n) is 2.39. The Bertz CT molecular complexity index is 498. The van der Waals surface area contributed by atoms with E-state index in [1.165, 1.54) is 12.4 Å². The number of carbonyl (C=O) groups is 1. The SMILES string of the molecule is CC1CCC(F)(F)CC1C(=O)NCc1nccnc1Cl. The van der Waals surface area contributed by atoms with E-state index < -0.39 is 18.3 Å². The second kappa shape index (κ2) is 5.99. The maximum absolute atomic E-state index is 13.4. The molecule has 0 bridgehead atoms. The Balaban J connectivity index is 1.96. The third kappa shape index (κ3) is 3.62. The van der Waals surface area contributed by atoms with Crippen LogP contribution in [0.3, 0.4) is 0 Å². The number of aromatic nitrogens is 2. The van der Waals surface area contributed by atoms with Crippen LogP contribution in [0.2, 0.25) is 5.15 Å². The highest BCUT2D eigenvalue weighted by Gasteiger charge is 2.42. The Labute approximate surface area is 120 Å². The van der Waals surface area contributed by atoms with Gasteiger partial charge in [0.25, 0.3) is 0 Å². The zero-order valence-electron chi connectivity index (χ0n) is 11.1. The Morgan fingerprint density at radius 1 is 1.50 bits per heavy atom. The summed E-state index contributed by atoms with van der Waals surface area (Å²) >= 11 is 5.82. The van der Waals surface area contributed by atoms with Gasteiger partial charge in [-0.2, -0.15) is 0 Å². The van der Waals surface area contributed by atoms with E-state index in [1.807, 2.05) is 6.92 Å². The summed E-state index contributed by atoms with van der Waals surface area (Å²) in [5, 5.41) is 2.82. The molecule has 1 aliphatic carbocycles. The van der Waals surface area contributed by atoms with E-state index in [0.717, 1.165) is 0 Å². The van der Waals surface area contributed by atoms with Crippen LogP contribution in [0.15, 0.2) is 12.4 Å². The number of nitrogens with zero attached hydrogens (tertiary/aromatic N) is 2. The first kappa shape index (κ1) is 15.1. The van der Waals surface area contributed by atoms with Crippen LogP contribution in [-0.2, 0) is 11.3 Å². The van der Waals surface area contributed by atoms with Crippen LogP contribution >= 0.6 is 11.6 Å². The summed E-state index contributed by atoms with van der Waals surface area (Å²) in [6.07, 6.45) is 2.72. The number of halogens is 3. The van der Waals surface area contributed by atoms with Crippen molar-refractivity contribution in [2.75, 3.05) is 0 Å². The first-order chi connectivity index (χ1) is 9.39. The molecule has 7 heteroatoms. The van der Waals surface area contributed by atoms with Gasteiger partial charge >= 0.3 is 0 Å². The molecular formula is C13H16ClF2N3O. The number of carbonyl (C=O) groups excluding carboxylic acids is 1. The van der Waals surface area contributed by atoms with E-state index in [4.69, 9.17) is 11.6 Å². The molecule has 20 heavy (non-hydrogen) atoms. The van der Waals surface area contributed by atoms with Gasteiger partial charge in [-0.3, -0.25) is 9.78 Å². The minimum absolute atomic E-state index is 0.0491.